The van der Waals surface area contributed by atoms with E-state index in [4.69, 9.17) is 5.11 Å². The molecule has 0 aromatic rings. The van der Waals surface area contributed by atoms with Gasteiger partial charge in [0.15, 0.2) is 5.78 Å². The van der Waals surface area contributed by atoms with Gasteiger partial charge in [-0.1, -0.05) is 0 Å². The molecule has 0 spiro atoms. The Bertz CT molecular complexity index is 180. The Labute approximate surface area is 58.1 Å². The Kier molecular flexibility index (Phi) is 3.17. The predicted octanol–water partition coefficient (Wildman–Crippen LogP) is 0.190. The fraction of sp³-hybridized carbons (Fsp3) is 0.333. The zero-order valence-electron chi connectivity index (χ0n) is 5.75. The van der Waals surface area contributed by atoms with Gasteiger partial charge in [-0.2, -0.15) is 0 Å². The predicted molar refractivity (Wildman–Crippen MR) is 33.4 cm³/mol. The molecule has 4 heteroatoms. The molecule has 1 N–H and O–H groups in total. The van der Waals surface area contributed by atoms with Crippen molar-refractivity contribution in [3.05, 3.63) is 11.8 Å². The quantitative estimate of drug-likeness (QED) is 0.341. The van der Waals surface area contributed by atoms with Crippen LogP contribution in [0.15, 0.2) is 11.8 Å². The minimum Gasteiger partial charge on any atom is -0.502 e. The molecule has 0 saturated carbocycles. The average molecular weight is 144 g/mol. The second kappa shape index (κ2) is 3.66. The number of ketones is 1. The van der Waals surface area contributed by atoms with Crippen LogP contribution in [0, 0.1) is 0 Å². The Hall–Kier alpha value is -1.32. The third-order valence-electron chi connectivity index (χ3n) is 0.735. The van der Waals surface area contributed by atoms with Gasteiger partial charge in [0.1, 0.15) is 0 Å². The van der Waals surface area contributed by atoms with Crippen molar-refractivity contribution in [1.29, 1.82) is 0 Å². The fourth-order valence-corrected chi connectivity index (χ4v) is 0.356. The summed E-state index contributed by atoms with van der Waals surface area (Å²) in [5.74, 6) is -1.98. The number of carbonyl (C=O) groups is 2. The Morgan fingerprint density at radius 1 is 1.50 bits per heavy atom. The summed E-state index contributed by atoms with van der Waals surface area (Å²) in [6, 6.07) is 0. The molecule has 0 aliphatic heterocycles. The Morgan fingerprint density at radius 3 is 2.30 bits per heavy atom. The van der Waals surface area contributed by atoms with Crippen molar-refractivity contribution >= 4 is 11.8 Å². The summed E-state index contributed by atoms with van der Waals surface area (Å²) < 4.78 is 4.10. The number of ether oxygens (including phenoxy) is 1. The monoisotopic (exact) mass is 144 g/mol. The SMILES string of the molecule is COC(=O)/C(O)=C/C(C)=O. The summed E-state index contributed by atoms with van der Waals surface area (Å²) in [7, 11) is 1.12. The van der Waals surface area contributed by atoms with Gasteiger partial charge in [-0.3, -0.25) is 4.79 Å². The van der Waals surface area contributed by atoms with E-state index in [1.165, 1.54) is 6.92 Å². The van der Waals surface area contributed by atoms with Gasteiger partial charge >= 0.3 is 5.97 Å². The molecule has 0 aliphatic carbocycles. The molecule has 0 heterocycles. The number of aliphatic hydroxyl groups excluding tert-OH is 1. The van der Waals surface area contributed by atoms with Crippen molar-refractivity contribution in [3.8, 4) is 0 Å². The maximum Gasteiger partial charge on any atom is 0.373 e. The summed E-state index contributed by atoms with van der Waals surface area (Å²) in [4.78, 5) is 20.6. The smallest absolute Gasteiger partial charge is 0.373 e. The van der Waals surface area contributed by atoms with E-state index in [0.717, 1.165) is 13.2 Å². The molecule has 4 nitrogen and oxygen atoms in total. The van der Waals surface area contributed by atoms with Crippen molar-refractivity contribution in [2.75, 3.05) is 7.11 Å². The molecule has 0 amide bonds. The molecule has 0 aromatic carbocycles. The van der Waals surface area contributed by atoms with Crippen molar-refractivity contribution in [2.45, 2.75) is 6.92 Å². The van der Waals surface area contributed by atoms with Crippen LogP contribution < -0.4 is 0 Å². The van der Waals surface area contributed by atoms with E-state index in [1.807, 2.05) is 0 Å². The first kappa shape index (κ1) is 8.68. The van der Waals surface area contributed by atoms with Crippen molar-refractivity contribution in [2.24, 2.45) is 0 Å². The van der Waals surface area contributed by atoms with Crippen molar-refractivity contribution < 1.29 is 19.4 Å². The van der Waals surface area contributed by atoms with Crippen LogP contribution >= 0.6 is 0 Å². The number of methoxy groups -OCH3 is 1. The summed E-state index contributed by atoms with van der Waals surface area (Å²) >= 11 is 0. The van der Waals surface area contributed by atoms with E-state index >= 15 is 0 Å². The molecule has 0 radical (unpaired) electrons. The maximum absolute atomic E-state index is 10.4. The molecule has 0 fully saturated rings. The third kappa shape index (κ3) is 2.86. The van der Waals surface area contributed by atoms with E-state index in [1.54, 1.807) is 0 Å². The van der Waals surface area contributed by atoms with Gasteiger partial charge in [0.2, 0.25) is 5.76 Å². The number of hydrogen-bond donors (Lipinski definition) is 1. The number of rotatable bonds is 2. The normalized spacial score (nSPS) is 10.8. The minimum absolute atomic E-state index is 0.400. The number of carbonyl (C=O) groups excluding carboxylic acids is 2. The highest BCUT2D eigenvalue weighted by atomic mass is 16.5. The second-order valence-corrected chi connectivity index (χ2v) is 1.63. The van der Waals surface area contributed by atoms with Crippen LogP contribution in [0.2, 0.25) is 0 Å². The number of hydrogen-bond acceptors (Lipinski definition) is 4. The number of aliphatic hydroxyl groups is 1. The Balaban J connectivity index is 4.19. The van der Waals surface area contributed by atoms with Gasteiger partial charge in [0.05, 0.1) is 7.11 Å². The Morgan fingerprint density at radius 2 is 2.00 bits per heavy atom. The first-order valence-electron chi connectivity index (χ1n) is 2.57. The summed E-state index contributed by atoms with van der Waals surface area (Å²) in [5.41, 5.74) is 0. The topological polar surface area (TPSA) is 63.6 Å². The van der Waals surface area contributed by atoms with Gasteiger partial charge in [0, 0.05) is 6.08 Å². The molecule has 0 aliphatic rings. The largest absolute Gasteiger partial charge is 0.502 e. The van der Waals surface area contributed by atoms with E-state index in [2.05, 4.69) is 4.74 Å². The summed E-state index contributed by atoms with van der Waals surface area (Å²) in [6.07, 6.45) is 0.797. The van der Waals surface area contributed by atoms with Crippen LogP contribution in [-0.4, -0.2) is 24.0 Å². The highest BCUT2D eigenvalue weighted by Crippen LogP contribution is 1.90. The first-order chi connectivity index (χ1) is 4.57. The van der Waals surface area contributed by atoms with Crippen molar-refractivity contribution in [3.63, 3.8) is 0 Å². The molecule has 0 aromatic heterocycles. The molecular weight excluding hydrogens is 136 g/mol. The van der Waals surface area contributed by atoms with Gasteiger partial charge in [-0.05, 0) is 6.92 Å². The van der Waals surface area contributed by atoms with Gasteiger partial charge in [-0.25, -0.2) is 4.79 Å². The lowest BCUT2D eigenvalue weighted by Crippen LogP contribution is -2.05. The minimum atomic E-state index is -0.907. The maximum atomic E-state index is 10.4. The first-order valence-corrected chi connectivity index (χ1v) is 2.57. The summed E-state index contributed by atoms with van der Waals surface area (Å²) in [6.45, 7) is 1.22. The van der Waals surface area contributed by atoms with Gasteiger partial charge in [-0.15, -0.1) is 0 Å². The highest BCUT2D eigenvalue weighted by molar-refractivity contribution is 5.96. The van der Waals surface area contributed by atoms with Crippen LogP contribution in [0.1, 0.15) is 6.92 Å². The molecule has 0 rings (SSSR count). The van der Waals surface area contributed by atoms with E-state index in [9.17, 15) is 9.59 Å². The summed E-state index contributed by atoms with van der Waals surface area (Å²) in [5, 5.41) is 8.65. The van der Waals surface area contributed by atoms with Crippen LogP contribution in [0.3, 0.4) is 0 Å². The van der Waals surface area contributed by atoms with E-state index < -0.39 is 17.5 Å². The van der Waals surface area contributed by atoms with Gasteiger partial charge in [0.25, 0.3) is 0 Å². The molecule has 56 valence electrons. The standard InChI is InChI=1S/C6H8O4/c1-4(7)3-5(8)6(9)10-2/h3,8H,1-2H3/b5-3-. The lowest BCUT2D eigenvalue weighted by molar-refractivity contribution is -0.139. The molecule has 0 saturated heterocycles. The van der Waals surface area contributed by atoms with Crippen LogP contribution in [0.25, 0.3) is 0 Å². The number of allylic oxidation sites excluding steroid dienone is 1. The lowest BCUT2D eigenvalue weighted by atomic mass is 10.3. The highest BCUT2D eigenvalue weighted by Gasteiger charge is 2.06. The fourth-order valence-electron chi connectivity index (χ4n) is 0.356. The molecule has 0 bridgehead atoms. The average Bonchev–Trinajstić information content (AvgIpc) is 1.85. The van der Waals surface area contributed by atoms with E-state index in [0.29, 0.717) is 0 Å². The van der Waals surface area contributed by atoms with E-state index in [-0.39, 0.29) is 0 Å². The molecule has 0 atom stereocenters. The zero-order chi connectivity index (χ0) is 8.15. The lowest BCUT2D eigenvalue weighted by Gasteiger charge is -1.93. The third-order valence-corrected chi connectivity index (χ3v) is 0.735. The van der Waals surface area contributed by atoms with Crippen LogP contribution in [0.5, 0.6) is 0 Å². The second-order valence-electron chi connectivity index (χ2n) is 1.63. The van der Waals surface area contributed by atoms with Crippen LogP contribution in [-0.2, 0) is 14.3 Å². The molecular formula is C6H8O4. The zero-order valence-corrected chi connectivity index (χ0v) is 5.75. The number of esters is 1. The van der Waals surface area contributed by atoms with Gasteiger partial charge < -0.3 is 9.84 Å². The molecule has 10 heavy (non-hydrogen) atoms. The van der Waals surface area contributed by atoms with Crippen molar-refractivity contribution in [1.82, 2.24) is 0 Å². The van der Waals surface area contributed by atoms with Crippen LogP contribution in [0.4, 0.5) is 0 Å². The molecule has 0 unspecified atom stereocenters.